The summed E-state index contributed by atoms with van der Waals surface area (Å²) >= 11 is 7.73. The minimum absolute atomic E-state index is 0.0914. The molecule has 1 aromatic carbocycles. The summed E-state index contributed by atoms with van der Waals surface area (Å²) in [6.45, 7) is 2.83. The van der Waals surface area contributed by atoms with Crippen LogP contribution in [-0.2, 0) is 0 Å². The molecule has 0 fully saturated rings. The maximum Gasteiger partial charge on any atom is 0.262 e. The number of methoxy groups -OCH3 is 1. The van der Waals surface area contributed by atoms with Gasteiger partial charge in [0.05, 0.1) is 12.1 Å². The van der Waals surface area contributed by atoms with Crippen molar-refractivity contribution in [2.75, 3.05) is 13.7 Å². The summed E-state index contributed by atoms with van der Waals surface area (Å²) in [5.74, 6) is 0.651. The molecule has 0 bridgehead atoms. The van der Waals surface area contributed by atoms with E-state index in [-0.39, 0.29) is 5.91 Å². The lowest BCUT2D eigenvalue weighted by atomic mass is 10.2. The van der Waals surface area contributed by atoms with Crippen LogP contribution in [0.15, 0.2) is 18.2 Å². The average molecular weight is 312 g/mol. The molecule has 1 heterocycles. The molecule has 0 aliphatic heterocycles. The van der Waals surface area contributed by atoms with Crippen LogP contribution in [0.5, 0.6) is 5.75 Å². The first kappa shape index (κ1) is 15.1. The Hall–Kier alpha value is -1.26. The maximum absolute atomic E-state index is 12.1. The second-order valence-corrected chi connectivity index (χ2v) is 6.00. The van der Waals surface area contributed by atoms with E-state index < -0.39 is 0 Å². The number of hydrogen-bond acceptors (Lipinski definition) is 3. The SMILES string of the molecule is CCCCCNC(=O)c1sc2ccc(OC)cc2c1Cl. The van der Waals surface area contributed by atoms with Crippen LogP contribution in [0.25, 0.3) is 10.1 Å². The van der Waals surface area contributed by atoms with Crippen LogP contribution >= 0.6 is 22.9 Å². The first-order valence-electron chi connectivity index (χ1n) is 6.71. The molecule has 108 valence electrons. The molecule has 0 radical (unpaired) electrons. The lowest BCUT2D eigenvalue weighted by Gasteiger charge is -2.03. The van der Waals surface area contributed by atoms with E-state index >= 15 is 0 Å². The minimum Gasteiger partial charge on any atom is -0.497 e. The maximum atomic E-state index is 12.1. The first-order valence-corrected chi connectivity index (χ1v) is 7.91. The van der Waals surface area contributed by atoms with Gasteiger partial charge in [0.15, 0.2) is 0 Å². The van der Waals surface area contributed by atoms with Crippen LogP contribution in [0, 0.1) is 0 Å². The van der Waals surface area contributed by atoms with Crippen LogP contribution < -0.4 is 10.1 Å². The molecule has 0 aliphatic rings. The van der Waals surface area contributed by atoms with Gasteiger partial charge in [-0.05, 0) is 24.6 Å². The Morgan fingerprint density at radius 2 is 2.20 bits per heavy atom. The zero-order valence-corrected chi connectivity index (χ0v) is 13.2. The first-order chi connectivity index (χ1) is 9.67. The van der Waals surface area contributed by atoms with E-state index in [1.165, 1.54) is 11.3 Å². The number of unbranched alkanes of at least 4 members (excludes halogenated alkanes) is 2. The van der Waals surface area contributed by atoms with Gasteiger partial charge in [-0.1, -0.05) is 31.4 Å². The van der Waals surface area contributed by atoms with Gasteiger partial charge in [-0.3, -0.25) is 4.79 Å². The number of nitrogens with one attached hydrogen (secondary N) is 1. The number of benzene rings is 1. The molecule has 3 nitrogen and oxygen atoms in total. The molecular weight excluding hydrogens is 294 g/mol. The highest BCUT2D eigenvalue weighted by molar-refractivity contribution is 7.21. The Bertz CT molecular complexity index is 609. The number of fused-ring (bicyclic) bond motifs is 1. The molecular formula is C15H18ClNO2S. The summed E-state index contributed by atoms with van der Waals surface area (Å²) in [4.78, 5) is 12.7. The van der Waals surface area contributed by atoms with Crippen molar-refractivity contribution in [1.29, 1.82) is 0 Å². The van der Waals surface area contributed by atoms with Crippen molar-refractivity contribution in [2.24, 2.45) is 0 Å². The van der Waals surface area contributed by atoms with Crippen molar-refractivity contribution in [1.82, 2.24) is 5.32 Å². The highest BCUT2D eigenvalue weighted by Crippen LogP contribution is 2.37. The van der Waals surface area contributed by atoms with Gasteiger partial charge in [-0.15, -0.1) is 11.3 Å². The van der Waals surface area contributed by atoms with Gasteiger partial charge in [0.2, 0.25) is 0 Å². The van der Waals surface area contributed by atoms with E-state index in [2.05, 4.69) is 12.2 Å². The Morgan fingerprint density at radius 1 is 1.40 bits per heavy atom. The normalized spacial score (nSPS) is 10.8. The molecule has 20 heavy (non-hydrogen) atoms. The fraction of sp³-hybridized carbons (Fsp3) is 0.400. The van der Waals surface area contributed by atoms with Gasteiger partial charge in [0.25, 0.3) is 5.91 Å². The summed E-state index contributed by atoms with van der Waals surface area (Å²) in [6.07, 6.45) is 3.26. The summed E-state index contributed by atoms with van der Waals surface area (Å²) in [7, 11) is 1.61. The number of halogens is 1. The van der Waals surface area contributed by atoms with E-state index in [9.17, 15) is 4.79 Å². The van der Waals surface area contributed by atoms with Crippen LogP contribution in [0.2, 0.25) is 5.02 Å². The molecule has 0 unspecified atom stereocenters. The largest absolute Gasteiger partial charge is 0.497 e. The second-order valence-electron chi connectivity index (χ2n) is 4.57. The predicted octanol–water partition coefficient (Wildman–Crippen LogP) is 4.48. The second kappa shape index (κ2) is 6.95. The summed E-state index contributed by atoms with van der Waals surface area (Å²) in [5.41, 5.74) is 0. The zero-order valence-electron chi connectivity index (χ0n) is 11.7. The number of carbonyl (C=O) groups excluding carboxylic acids is 1. The van der Waals surface area contributed by atoms with E-state index in [1.54, 1.807) is 7.11 Å². The van der Waals surface area contributed by atoms with E-state index in [0.717, 1.165) is 35.1 Å². The number of hydrogen-bond donors (Lipinski definition) is 1. The smallest absolute Gasteiger partial charge is 0.262 e. The third-order valence-electron chi connectivity index (χ3n) is 3.11. The van der Waals surface area contributed by atoms with E-state index in [4.69, 9.17) is 16.3 Å². The molecule has 0 spiro atoms. The predicted molar refractivity (Wildman–Crippen MR) is 85.2 cm³/mol. The van der Waals surface area contributed by atoms with Gasteiger partial charge < -0.3 is 10.1 Å². The summed E-state index contributed by atoms with van der Waals surface area (Å²) in [5, 5.41) is 4.30. The molecule has 0 aliphatic carbocycles. The minimum atomic E-state index is -0.0914. The molecule has 0 saturated heterocycles. The van der Waals surface area contributed by atoms with Crippen molar-refractivity contribution in [3.8, 4) is 5.75 Å². The third-order valence-corrected chi connectivity index (χ3v) is 4.78. The van der Waals surface area contributed by atoms with Gasteiger partial charge in [0.1, 0.15) is 10.6 Å². The number of thiophene rings is 1. The monoisotopic (exact) mass is 311 g/mol. The number of rotatable bonds is 6. The molecule has 2 aromatic rings. The zero-order chi connectivity index (χ0) is 14.5. The lowest BCUT2D eigenvalue weighted by molar-refractivity contribution is 0.0957. The number of ether oxygens (including phenoxy) is 1. The van der Waals surface area contributed by atoms with E-state index in [1.807, 2.05) is 18.2 Å². The Morgan fingerprint density at radius 3 is 2.90 bits per heavy atom. The van der Waals surface area contributed by atoms with Gasteiger partial charge in [-0.25, -0.2) is 0 Å². The van der Waals surface area contributed by atoms with Crippen LogP contribution in [-0.4, -0.2) is 19.6 Å². The van der Waals surface area contributed by atoms with E-state index in [0.29, 0.717) is 16.4 Å². The topological polar surface area (TPSA) is 38.3 Å². The Kier molecular flexibility index (Phi) is 5.26. The Labute approximate surface area is 127 Å². The van der Waals surface area contributed by atoms with Crippen molar-refractivity contribution in [2.45, 2.75) is 26.2 Å². The van der Waals surface area contributed by atoms with Crippen molar-refractivity contribution in [3.05, 3.63) is 28.1 Å². The Balaban J connectivity index is 2.17. The molecule has 1 N–H and O–H groups in total. The summed E-state index contributed by atoms with van der Waals surface area (Å²) < 4.78 is 6.18. The fourth-order valence-electron chi connectivity index (χ4n) is 1.98. The number of amides is 1. The standard InChI is InChI=1S/C15H18ClNO2S/c1-3-4-5-8-17-15(18)14-13(16)11-9-10(19-2)6-7-12(11)20-14/h6-7,9H,3-5,8H2,1-2H3,(H,17,18). The summed E-state index contributed by atoms with van der Waals surface area (Å²) in [6, 6.07) is 5.67. The fourth-order valence-corrected chi connectivity index (χ4v) is 3.38. The molecule has 1 amide bonds. The van der Waals surface area contributed by atoms with Crippen molar-refractivity contribution in [3.63, 3.8) is 0 Å². The molecule has 5 heteroatoms. The van der Waals surface area contributed by atoms with Crippen molar-refractivity contribution >= 4 is 38.9 Å². The van der Waals surface area contributed by atoms with Crippen LogP contribution in [0.4, 0.5) is 0 Å². The van der Waals surface area contributed by atoms with Gasteiger partial charge >= 0.3 is 0 Å². The molecule has 0 saturated carbocycles. The van der Waals surface area contributed by atoms with Crippen LogP contribution in [0.1, 0.15) is 35.9 Å². The number of carbonyl (C=O) groups is 1. The highest BCUT2D eigenvalue weighted by Gasteiger charge is 2.17. The molecule has 0 atom stereocenters. The van der Waals surface area contributed by atoms with Crippen molar-refractivity contribution < 1.29 is 9.53 Å². The quantitative estimate of drug-likeness (QED) is 0.799. The molecule has 2 rings (SSSR count). The van der Waals surface area contributed by atoms with Gasteiger partial charge in [0, 0.05) is 16.6 Å². The highest BCUT2D eigenvalue weighted by atomic mass is 35.5. The van der Waals surface area contributed by atoms with Crippen LogP contribution in [0.3, 0.4) is 0 Å². The average Bonchev–Trinajstić information content (AvgIpc) is 2.80. The lowest BCUT2D eigenvalue weighted by Crippen LogP contribution is -2.23. The molecule has 1 aromatic heterocycles. The van der Waals surface area contributed by atoms with Gasteiger partial charge in [-0.2, -0.15) is 0 Å². The third kappa shape index (κ3) is 3.25.